The van der Waals surface area contributed by atoms with Crippen molar-refractivity contribution in [3.05, 3.63) is 28.5 Å². The zero-order chi connectivity index (χ0) is 9.10. The molecule has 1 aliphatic rings. The van der Waals surface area contributed by atoms with Crippen molar-refractivity contribution in [2.75, 3.05) is 13.1 Å². The molecule has 13 heavy (non-hydrogen) atoms. The highest BCUT2D eigenvalue weighted by atomic mass is 79.9. The Kier molecular flexibility index (Phi) is 2.93. The molecule has 1 aromatic heterocycles. The van der Waals surface area contributed by atoms with Gasteiger partial charge in [0.05, 0.1) is 12.7 Å². The van der Waals surface area contributed by atoms with Gasteiger partial charge in [-0.3, -0.25) is 4.98 Å². The van der Waals surface area contributed by atoms with Crippen LogP contribution < -0.4 is 5.32 Å². The molecule has 2 heterocycles. The van der Waals surface area contributed by atoms with Crippen LogP contribution in [0.3, 0.4) is 0 Å². The predicted molar refractivity (Wildman–Crippen MR) is 53.4 cm³/mol. The highest BCUT2D eigenvalue weighted by Crippen LogP contribution is 2.16. The standard InChI is InChI=1S/C9H11BrN2O/c10-9-5-11-2-1-7(9)6-13-8-3-12-4-8/h1-2,5,8,12H,3-4,6H2. The van der Waals surface area contributed by atoms with Crippen LogP contribution >= 0.6 is 15.9 Å². The van der Waals surface area contributed by atoms with Gasteiger partial charge in [-0.05, 0) is 27.6 Å². The number of hydrogen-bond acceptors (Lipinski definition) is 3. The molecular formula is C9H11BrN2O. The summed E-state index contributed by atoms with van der Waals surface area (Å²) < 4.78 is 6.64. The second kappa shape index (κ2) is 4.17. The molecule has 0 bridgehead atoms. The molecule has 3 nitrogen and oxygen atoms in total. The van der Waals surface area contributed by atoms with Crippen LogP contribution in [0.2, 0.25) is 0 Å². The molecule has 1 N–H and O–H groups in total. The first-order valence-electron chi connectivity index (χ1n) is 4.27. The highest BCUT2D eigenvalue weighted by molar-refractivity contribution is 9.10. The van der Waals surface area contributed by atoms with E-state index in [1.54, 1.807) is 12.4 Å². The maximum Gasteiger partial charge on any atom is 0.0828 e. The molecule has 1 saturated heterocycles. The molecule has 0 aliphatic carbocycles. The summed E-state index contributed by atoms with van der Waals surface area (Å²) >= 11 is 3.43. The SMILES string of the molecule is Brc1cnccc1COC1CNC1. The summed E-state index contributed by atoms with van der Waals surface area (Å²) in [4.78, 5) is 3.99. The molecule has 2 rings (SSSR count). The summed E-state index contributed by atoms with van der Waals surface area (Å²) in [7, 11) is 0. The summed E-state index contributed by atoms with van der Waals surface area (Å²) in [5.41, 5.74) is 1.15. The molecule has 0 saturated carbocycles. The van der Waals surface area contributed by atoms with E-state index in [-0.39, 0.29) is 0 Å². The Labute approximate surface area is 85.6 Å². The zero-order valence-corrected chi connectivity index (χ0v) is 8.75. The van der Waals surface area contributed by atoms with Crippen LogP contribution in [0.25, 0.3) is 0 Å². The second-order valence-electron chi connectivity index (χ2n) is 3.06. The zero-order valence-electron chi connectivity index (χ0n) is 7.16. The van der Waals surface area contributed by atoms with Crippen LogP contribution in [0.5, 0.6) is 0 Å². The smallest absolute Gasteiger partial charge is 0.0828 e. The number of halogens is 1. The molecule has 0 spiro atoms. The average Bonchev–Trinajstić information content (AvgIpc) is 2.05. The molecule has 0 atom stereocenters. The largest absolute Gasteiger partial charge is 0.371 e. The van der Waals surface area contributed by atoms with Gasteiger partial charge < -0.3 is 10.1 Å². The first-order chi connectivity index (χ1) is 6.36. The average molecular weight is 243 g/mol. The van der Waals surface area contributed by atoms with Crippen LogP contribution in [0, 0.1) is 0 Å². The number of nitrogens with zero attached hydrogens (tertiary/aromatic N) is 1. The molecule has 0 aromatic carbocycles. The topological polar surface area (TPSA) is 34.1 Å². The molecule has 4 heteroatoms. The lowest BCUT2D eigenvalue weighted by Gasteiger charge is -2.27. The third-order valence-corrected chi connectivity index (χ3v) is 2.79. The fraction of sp³-hybridized carbons (Fsp3) is 0.444. The Bertz CT molecular complexity index is 289. The minimum atomic E-state index is 0.389. The summed E-state index contributed by atoms with van der Waals surface area (Å²) in [5, 5.41) is 3.16. The van der Waals surface area contributed by atoms with Crippen molar-refractivity contribution in [3.63, 3.8) is 0 Å². The summed E-state index contributed by atoms with van der Waals surface area (Å²) in [6, 6.07) is 1.97. The number of aromatic nitrogens is 1. The van der Waals surface area contributed by atoms with Gasteiger partial charge in [0.1, 0.15) is 0 Å². The van der Waals surface area contributed by atoms with Gasteiger partial charge in [-0.15, -0.1) is 0 Å². The maximum absolute atomic E-state index is 5.62. The summed E-state index contributed by atoms with van der Waals surface area (Å²) in [5.74, 6) is 0. The molecule has 1 aromatic rings. The monoisotopic (exact) mass is 242 g/mol. The Morgan fingerprint density at radius 2 is 2.46 bits per heavy atom. The highest BCUT2D eigenvalue weighted by Gasteiger charge is 2.16. The summed E-state index contributed by atoms with van der Waals surface area (Å²) in [6.45, 7) is 2.61. The van der Waals surface area contributed by atoms with E-state index < -0.39 is 0 Å². The molecular weight excluding hydrogens is 232 g/mol. The third-order valence-electron chi connectivity index (χ3n) is 2.07. The van der Waals surface area contributed by atoms with E-state index in [4.69, 9.17) is 4.74 Å². The number of rotatable bonds is 3. The van der Waals surface area contributed by atoms with Crippen molar-refractivity contribution in [1.82, 2.24) is 10.3 Å². The van der Waals surface area contributed by atoms with Crippen molar-refractivity contribution < 1.29 is 4.74 Å². The van der Waals surface area contributed by atoms with E-state index in [0.29, 0.717) is 12.7 Å². The Morgan fingerprint density at radius 3 is 3.08 bits per heavy atom. The van der Waals surface area contributed by atoms with Gasteiger partial charge in [0.25, 0.3) is 0 Å². The van der Waals surface area contributed by atoms with Gasteiger partial charge in [0, 0.05) is 30.0 Å². The van der Waals surface area contributed by atoms with Crippen LogP contribution in [-0.2, 0) is 11.3 Å². The van der Waals surface area contributed by atoms with Crippen molar-refractivity contribution in [2.45, 2.75) is 12.7 Å². The first kappa shape index (κ1) is 9.12. The fourth-order valence-corrected chi connectivity index (χ4v) is 1.47. The van der Waals surface area contributed by atoms with Crippen LogP contribution in [0.15, 0.2) is 22.9 Å². The molecule has 0 amide bonds. The number of pyridine rings is 1. The lowest BCUT2D eigenvalue weighted by Crippen LogP contribution is -2.48. The molecule has 0 radical (unpaired) electrons. The molecule has 70 valence electrons. The van der Waals surface area contributed by atoms with E-state index in [1.165, 1.54) is 0 Å². The Balaban J connectivity index is 1.89. The normalized spacial score (nSPS) is 17.0. The van der Waals surface area contributed by atoms with Crippen molar-refractivity contribution >= 4 is 15.9 Å². The first-order valence-corrected chi connectivity index (χ1v) is 5.06. The summed E-state index contributed by atoms with van der Waals surface area (Å²) in [6.07, 6.45) is 3.96. The van der Waals surface area contributed by atoms with Crippen LogP contribution in [0.4, 0.5) is 0 Å². The van der Waals surface area contributed by atoms with E-state index in [9.17, 15) is 0 Å². The fourth-order valence-electron chi connectivity index (χ4n) is 1.11. The second-order valence-corrected chi connectivity index (χ2v) is 3.91. The molecule has 1 fully saturated rings. The quantitative estimate of drug-likeness (QED) is 0.869. The van der Waals surface area contributed by atoms with Gasteiger partial charge in [-0.1, -0.05) is 0 Å². The van der Waals surface area contributed by atoms with Gasteiger partial charge in [-0.25, -0.2) is 0 Å². The van der Waals surface area contributed by atoms with Crippen molar-refractivity contribution in [3.8, 4) is 0 Å². The van der Waals surface area contributed by atoms with Gasteiger partial charge >= 0.3 is 0 Å². The molecule has 1 aliphatic heterocycles. The van der Waals surface area contributed by atoms with E-state index >= 15 is 0 Å². The van der Waals surface area contributed by atoms with Gasteiger partial charge in [-0.2, -0.15) is 0 Å². The van der Waals surface area contributed by atoms with Crippen LogP contribution in [-0.4, -0.2) is 24.2 Å². The van der Waals surface area contributed by atoms with Crippen molar-refractivity contribution in [2.24, 2.45) is 0 Å². The number of hydrogen-bond donors (Lipinski definition) is 1. The van der Waals surface area contributed by atoms with E-state index in [0.717, 1.165) is 23.1 Å². The van der Waals surface area contributed by atoms with Gasteiger partial charge in [0.15, 0.2) is 0 Å². The maximum atomic E-state index is 5.62. The van der Waals surface area contributed by atoms with Gasteiger partial charge in [0.2, 0.25) is 0 Å². The van der Waals surface area contributed by atoms with E-state index in [2.05, 4.69) is 26.2 Å². The number of ether oxygens (including phenoxy) is 1. The lowest BCUT2D eigenvalue weighted by atomic mass is 10.2. The number of nitrogens with one attached hydrogen (secondary N) is 1. The predicted octanol–water partition coefficient (Wildman–Crippen LogP) is 1.33. The third kappa shape index (κ3) is 2.27. The Morgan fingerprint density at radius 1 is 1.62 bits per heavy atom. The minimum Gasteiger partial charge on any atom is -0.371 e. The van der Waals surface area contributed by atoms with E-state index in [1.807, 2.05) is 6.07 Å². The minimum absolute atomic E-state index is 0.389. The van der Waals surface area contributed by atoms with Crippen LogP contribution in [0.1, 0.15) is 5.56 Å². The lowest BCUT2D eigenvalue weighted by molar-refractivity contribution is 0.00730. The molecule has 0 unspecified atom stereocenters. The Hall–Kier alpha value is -0.450. The van der Waals surface area contributed by atoms with Crippen molar-refractivity contribution in [1.29, 1.82) is 0 Å².